The molecule has 9 aromatic carbocycles. The monoisotopic (exact) mass is 1470 g/mol. The maximum Gasteiger partial charge on any atom is 0.307 e. The third kappa shape index (κ3) is 22.7. The fourth-order valence-corrected chi connectivity index (χ4v) is 12.6. The number of Topliss-reactive ketones (excluding diaryl/α,β-unsaturated/α-hetero) is 1. The summed E-state index contributed by atoms with van der Waals surface area (Å²) in [6.45, 7) is 18.1. The van der Waals surface area contributed by atoms with Crippen LogP contribution in [0.5, 0.6) is 0 Å². The summed E-state index contributed by atoms with van der Waals surface area (Å²) in [5.41, 5.74) is 21.6. The molecule has 0 aliphatic rings. The molecule has 0 radical (unpaired) electrons. The molecule has 0 saturated heterocycles. The summed E-state index contributed by atoms with van der Waals surface area (Å²) in [4.78, 5) is 51.9. The van der Waals surface area contributed by atoms with Crippen LogP contribution in [0.25, 0.3) is 102 Å². The van der Waals surface area contributed by atoms with E-state index < -0.39 is 11.6 Å². The molecule has 12 rings (SSSR count). The van der Waals surface area contributed by atoms with Gasteiger partial charge in [0.05, 0.1) is 32.7 Å². The lowest BCUT2D eigenvalue weighted by atomic mass is 9.94. The fourth-order valence-electron chi connectivity index (χ4n) is 12.6. The van der Waals surface area contributed by atoms with Crippen LogP contribution >= 0.6 is 0 Å². The fraction of sp³-hybridized carbons (Fsp3) is 0.281. The van der Waals surface area contributed by atoms with E-state index in [1.54, 1.807) is 46.6 Å². The van der Waals surface area contributed by atoms with Crippen LogP contribution in [0.2, 0.25) is 0 Å². The number of aryl methyl sites for hydroxylation is 3. The van der Waals surface area contributed by atoms with Gasteiger partial charge in [0, 0.05) is 106 Å². The summed E-state index contributed by atoms with van der Waals surface area (Å²) >= 11 is 0. The molecule has 0 aliphatic heterocycles. The minimum Gasteiger partial charge on any atom is -0.481 e. The van der Waals surface area contributed by atoms with E-state index in [1.807, 2.05) is 154 Å². The Balaban J connectivity index is 0.000000174. The highest BCUT2D eigenvalue weighted by atomic mass is 19.1. The normalized spacial score (nSPS) is 11.3. The van der Waals surface area contributed by atoms with Crippen molar-refractivity contribution in [3.63, 3.8) is 0 Å². The van der Waals surface area contributed by atoms with Crippen LogP contribution in [0.4, 0.5) is 4.39 Å². The number of nitrogens with zero attached hydrogens (tertiary/aromatic N) is 7. The molecule has 0 saturated carbocycles. The second-order valence-electron chi connectivity index (χ2n) is 28.0. The molecule has 109 heavy (non-hydrogen) atoms. The zero-order valence-electron chi connectivity index (χ0n) is 64.1. The van der Waals surface area contributed by atoms with Gasteiger partial charge >= 0.3 is 11.9 Å². The number of ether oxygens (including phenoxy) is 4. The van der Waals surface area contributed by atoms with Crippen LogP contribution in [0.1, 0.15) is 97.0 Å². The van der Waals surface area contributed by atoms with E-state index in [4.69, 9.17) is 42.5 Å². The van der Waals surface area contributed by atoms with Gasteiger partial charge in [-0.15, -0.1) is 0 Å². The number of aromatic nitrogens is 5. The van der Waals surface area contributed by atoms with Crippen molar-refractivity contribution in [2.24, 2.45) is 0 Å². The van der Waals surface area contributed by atoms with Crippen LogP contribution in [-0.2, 0) is 72.8 Å². The Labute approximate surface area is 637 Å². The van der Waals surface area contributed by atoms with Gasteiger partial charge in [0.1, 0.15) is 29.2 Å². The van der Waals surface area contributed by atoms with Crippen LogP contribution in [0.3, 0.4) is 0 Å². The molecule has 0 spiro atoms. The highest BCUT2D eigenvalue weighted by Gasteiger charge is 2.21. The molecule has 0 amide bonds. The van der Waals surface area contributed by atoms with E-state index in [1.165, 1.54) is 33.9 Å². The highest BCUT2D eigenvalue weighted by Crippen LogP contribution is 2.37. The first-order valence-corrected chi connectivity index (χ1v) is 36.2. The minimum atomic E-state index is -0.800. The van der Waals surface area contributed by atoms with Gasteiger partial charge in [-0.25, -0.2) is 9.37 Å². The minimum absolute atomic E-state index is 0.107. The van der Waals surface area contributed by atoms with Gasteiger partial charge in [0.15, 0.2) is 0 Å². The molecule has 12 aromatic rings. The average Bonchev–Trinajstić information content (AvgIpc) is 1.77. The Morgan fingerprint density at radius 2 is 0.936 bits per heavy atom. The molecule has 0 unspecified atom stereocenters. The lowest BCUT2D eigenvalue weighted by Crippen LogP contribution is -2.26. The number of aliphatic carboxylic acids is 1. The third-order valence-electron chi connectivity index (χ3n) is 18.0. The number of nitrogens with one attached hydrogen (secondary N) is 1. The maximum absolute atomic E-state index is 14.5. The summed E-state index contributed by atoms with van der Waals surface area (Å²) < 4.78 is 53.3. The van der Waals surface area contributed by atoms with Gasteiger partial charge < -0.3 is 52.6 Å². The van der Waals surface area contributed by atoms with E-state index in [-0.39, 0.29) is 24.0 Å². The van der Waals surface area contributed by atoms with Crippen LogP contribution in [0.15, 0.2) is 214 Å². The molecule has 0 aliphatic carbocycles. The zero-order valence-corrected chi connectivity index (χ0v) is 64.1. The van der Waals surface area contributed by atoms with Crippen molar-refractivity contribution in [1.82, 2.24) is 40.4 Å². The quantitative estimate of drug-likeness (QED) is 0.0315. The summed E-state index contributed by atoms with van der Waals surface area (Å²) in [5.74, 6) is 1.07. The van der Waals surface area contributed by atoms with Crippen LogP contribution in [-0.4, -0.2) is 119 Å². The summed E-state index contributed by atoms with van der Waals surface area (Å²) in [6, 6.07) is 64.0. The van der Waals surface area contributed by atoms with Gasteiger partial charge in [0.25, 0.3) is 11.8 Å². The molecular weight excluding hydrogens is 1380 g/mol. The van der Waals surface area contributed by atoms with Crippen molar-refractivity contribution in [3.05, 3.63) is 256 Å². The number of esters is 1. The molecule has 564 valence electrons. The number of oxazole rings is 1. The Kier molecular flexibility index (Phi) is 28.4. The van der Waals surface area contributed by atoms with Crippen molar-refractivity contribution in [3.8, 4) is 102 Å². The first kappa shape index (κ1) is 80.3. The molecule has 2 N–H and O–H groups in total. The van der Waals surface area contributed by atoms with Gasteiger partial charge in [-0.1, -0.05) is 138 Å². The second kappa shape index (κ2) is 38.5. The largest absolute Gasteiger partial charge is 0.481 e. The molecule has 0 bridgehead atoms. The number of hydrogen-bond donors (Lipinski definition) is 2. The number of hydrogen-bond acceptors (Lipinski definition) is 18. The highest BCUT2D eigenvalue weighted by molar-refractivity contribution is 5.78. The Morgan fingerprint density at radius 3 is 1.43 bits per heavy atom. The number of ketones is 1. The van der Waals surface area contributed by atoms with Crippen LogP contribution < -0.4 is 5.32 Å². The van der Waals surface area contributed by atoms with Crippen molar-refractivity contribution in [2.75, 3.05) is 55.1 Å². The summed E-state index contributed by atoms with van der Waals surface area (Å²) in [5, 5.41) is 20.6. The Morgan fingerprint density at radius 1 is 0.486 bits per heavy atom. The molecule has 0 atom stereocenters. The van der Waals surface area contributed by atoms with Crippen molar-refractivity contribution in [2.45, 2.75) is 113 Å². The first-order chi connectivity index (χ1) is 52.5. The van der Waals surface area contributed by atoms with Gasteiger partial charge in [0.2, 0.25) is 17.5 Å². The summed E-state index contributed by atoms with van der Waals surface area (Å²) in [6.07, 6.45) is 2.56. The molecule has 20 heteroatoms. The van der Waals surface area contributed by atoms with Crippen molar-refractivity contribution >= 4 is 17.7 Å². The van der Waals surface area contributed by atoms with Gasteiger partial charge in [-0.2, -0.15) is 9.97 Å². The number of carboxylic acid groups (broad SMARTS) is 1. The van der Waals surface area contributed by atoms with E-state index in [0.29, 0.717) is 112 Å². The number of carbonyl (C=O) groups excluding carboxylic acids is 2. The van der Waals surface area contributed by atoms with Crippen molar-refractivity contribution in [1.29, 1.82) is 0 Å². The number of halogens is 1. The van der Waals surface area contributed by atoms with Crippen molar-refractivity contribution < 1.29 is 56.3 Å². The van der Waals surface area contributed by atoms with Crippen LogP contribution in [0, 0.1) is 26.6 Å². The predicted octanol–water partition coefficient (Wildman–Crippen LogP) is 18.5. The predicted molar refractivity (Wildman–Crippen MR) is 423 cm³/mol. The Bertz CT molecular complexity index is 5060. The van der Waals surface area contributed by atoms with E-state index in [9.17, 15) is 18.8 Å². The number of carbonyl (C=O) groups is 3. The Hall–Kier alpha value is -11.2. The number of benzene rings is 9. The SMILES string of the molecule is COCc1cc(-c2nc(-c3ccc(F)c(CN(C)CCC(C)=O)c3)no2)ccc1-c1ccccc1C.COCc1cc(-c2nc(-c3cccc(CN(C)CCC(=O)O)c3)no2)ccc1-c1ccccc1C.COCc1cc(-c2nc(-c3cccc(CNCCC(=O)OC(C)(C)C)c3)co2)ccc1-c1ccccc1C. The molecule has 3 heterocycles. The molecule has 0 fully saturated rings. The number of methoxy groups -OCH3 is 3. The molecule has 3 aromatic heterocycles. The average molecular weight is 1470 g/mol. The third-order valence-corrected chi connectivity index (χ3v) is 18.0. The molecular formula is C89H95FN8O11. The standard InChI is InChI=1S/C32H36N2O4.C29H30FN3O3.C28H29N3O4/c1-22-9-6-7-12-27(22)28-14-13-25(18-26(28)20-36-5)31-34-29(21-37-31)24-11-8-10-23(17-24)19-33-16-15-30(35)38-32(2,3)4;1-19-7-5-6-8-25(19)26-11-9-22(16-24(26)18-35-4)29-31-28(32-36-29)21-10-12-27(30)23(15-21)17-33(3)14-13-20(2)34;1-19-7-4-5-10-24(19)25-12-11-22(16-23(25)18-34-3)28-29-27(30-35-28)21-9-6-8-20(15-21)17-31(2)14-13-26(32)33/h6-14,17-18,21,33H,15-16,19-20H2,1-5H3;5-12,15-16H,13-14,17-18H2,1-4H3;4-12,15-16H,13-14,17-18H2,1-3H3,(H,32,33). The first-order valence-electron chi connectivity index (χ1n) is 36.2. The number of carboxylic acids is 1. The van der Waals surface area contributed by atoms with E-state index in [2.05, 4.69) is 113 Å². The number of rotatable bonds is 30. The second-order valence-corrected chi connectivity index (χ2v) is 28.0. The van der Waals surface area contributed by atoms with Gasteiger partial charge in [-0.3, -0.25) is 14.4 Å². The van der Waals surface area contributed by atoms with E-state index in [0.717, 1.165) is 83.6 Å². The molecule has 19 nitrogen and oxygen atoms in total. The summed E-state index contributed by atoms with van der Waals surface area (Å²) in [7, 11) is 8.82. The lowest BCUT2D eigenvalue weighted by molar-refractivity contribution is -0.154. The van der Waals surface area contributed by atoms with Gasteiger partial charge in [-0.05, 0) is 207 Å². The maximum atomic E-state index is 14.5. The van der Waals surface area contributed by atoms with E-state index >= 15 is 0 Å². The smallest absolute Gasteiger partial charge is 0.307 e. The topological polar surface area (TPSA) is 231 Å². The lowest BCUT2D eigenvalue weighted by Gasteiger charge is -2.19. The zero-order chi connectivity index (χ0) is 77.6.